The Morgan fingerprint density at radius 2 is 1.78 bits per heavy atom. The molecular formula is C18H15N3O2. The highest BCUT2D eigenvalue weighted by molar-refractivity contribution is 5.94. The number of carbonyl (C=O) groups excluding carboxylic acids is 1. The topological polar surface area (TPSA) is 67.2 Å². The molecule has 5 nitrogen and oxygen atoms in total. The Morgan fingerprint density at radius 3 is 2.57 bits per heavy atom. The fraction of sp³-hybridized carbons (Fsp3) is 0.0556. The first-order valence-corrected chi connectivity index (χ1v) is 7.20. The molecule has 2 aromatic heterocycles. The molecule has 3 rings (SSSR count). The molecule has 0 aliphatic rings. The average molecular weight is 305 g/mol. The molecule has 1 N–H and O–H groups in total. The molecule has 3 aromatic rings. The minimum absolute atomic E-state index is 0.0302. The van der Waals surface area contributed by atoms with Gasteiger partial charge < -0.3 is 9.55 Å². The van der Waals surface area contributed by atoms with Gasteiger partial charge in [-0.25, -0.2) is 0 Å². The first kappa shape index (κ1) is 14.7. The number of hydrogen-bond donors (Lipinski definition) is 1. The van der Waals surface area contributed by atoms with Gasteiger partial charge >= 0.3 is 0 Å². The van der Waals surface area contributed by atoms with Gasteiger partial charge in [-0.15, -0.1) is 0 Å². The van der Waals surface area contributed by atoms with Crippen molar-refractivity contribution in [1.29, 1.82) is 0 Å². The molecule has 0 saturated carbocycles. The summed E-state index contributed by atoms with van der Waals surface area (Å²) in [4.78, 5) is 30.5. The van der Waals surface area contributed by atoms with E-state index in [-0.39, 0.29) is 5.56 Å². The third-order valence-electron chi connectivity index (χ3n) is 3.38. The van der Waals surface area contributed by atoms with Gasteiger partial charge in [0.25, 0.3) is 11.5 Å². The third-order valence-corrected chi connectivity index (χ3v) is 3.38. The van der Waals surface area contributed by atoms with Crippen LogP contribution in [-0.4, -0.2) is 15.5 Å². The molecule has 114 valence electrons. The number of pyridine rings is 2. The number of nitrogens with one attached hydrogen (secondary N) is 1. The van der Waals surface area contributed by atoms with E-state index in [2.05, 4.69) is 9.98 Å². The number of carbonyl (C=O) groups is 1. The zero-order chi connectivity index (χ0) is 16.1. The number of nitrogens with zero attached hydrogens (tertiary/aromatic N) is 2. The van der Waals surface area contributed by atoms with E-state index >= 15 is 0 Å². The van der Waals surface area contributed by atoms with Crippen LogP contribution in [0.25, 0.3) is 0 Å². The normalized spacial score (nSPS) is 11.4. The predicted molar refractivity (Wildman–Crippen MR) is 86.9 cm³/mol. The number of aromatic amines is 1. The van der Waals surface area contributed by atoms with E-state index in [9.17, 15) is 9.59 Å². The molecule has 0 spiro atoms. The highest BCUT2D eigenvalue weighted by Crippen LogP contribution is 2.00. The Kier molecular flexibility index (Phi) is 4.29. The summed E-state index contributed by atoms with van der Waals surface area (Å²) in [6, 6.07) is 18.4. The standard InChI is InChI=1S/C18H15N3O2/c22-17-15(9-6-11-19-17)18(23)20-16-10-4-5-12-21(16)13-14-7-2-1-3-8-14/h1-12H,13H2,(H,19,22). The molecule has 5 heteroatoms. The van der Waals surface area contributed by atoms with Crippen molar-refractivity contribution in [2.45, 2.75) is 6.54 Å². The van der Waals surface area contributed by atoms with Gasteiger partial charge in [-0.2, -0.15) is 4.99 Å². The number of aromatic nitrogens is 2. The van der Waals surface area contributed by atoms with Gasteiger partial charge in [0, 0.05) is 18.9 Å². The Labute approximate surface area is 132 Å². The molecule has 0 radical (unpaired) electrons. The van der Waals surface area contributed by atoms with Crippen molar-refractivity contribution in [1.82, 2.24) is 9.55 Å². The number of rotatable bonds is 3. The van der Waals surface area contributed by atoms with Crippen LogP contribution in [0.5, 0.6) is 0 Å². The summed E-state index contributed by atoms with van der Waals surface area (Å²) in [5.41, 5.74) is 1.20. The van der Waals surface area contributed by atoms with Crippen LogP contribution in [0.3, 0.4) is 0 Å². The highest BCUT2D eigenvalue weighted by atomic mass is 16.2. The lowest BCUT2D eigenvalue weighted by atomic mass is 10.2. The molecule has 2 heterocycles. The lowest BCUT2D eigenvalue weighted by Crippen LogP contribution is -2.24. The van der Waals surface area contributed by atoms with Crippen LogP contribution in [-0.2, 0) is 6.54 Å². The van der Waals surface area contributed by atoms with Crippen LogP contribution in [0.4, 0.5) is 0 Å². The maximum absolute atomic E-state index is 12.2. The van der Waals surface area contributed by atoms with Crippen LogP contribution in [0.15, 0.2) is 82.8 Å². The highest BCUT2D eigenvalue weighted by Gasteiger charge is 2.08. The van der Waals surface area contributed by atoms with Crippen LogP contribution >= 0.6 is 0 Å². The lowest BCUT2D eigenvalue weighted by molar-refractivity contribution is 0.0995. The zero-order valence-electron chi connectivity index (χ0n) is 12.3. The summed E-state index contributed by atoms with van der Waals surface area (Å²) in [6.45, 7) is 0.596. The third kappa shape index (κ3) is 3.52. The fourth-order valence-electron chi connectivity index (χ4n) is 2.24. The second-order valence-corrected chi connectivity index (χ2v) is 5.00. The Bertz CT molecular complexity index is 940. The maximum atomic E-state index is 12.2. The Balaban J connectivity index is 1.99. The Morgan fingerprint density at radius 1 is 1.00 bits per heavy atom. The first-order valence-electron chi connectivity index (χ1n) is 7.20. The minimum atomic E-state index is -0.556. The summed E-state index contributed by atoms with van der Waals surface area (Å²) < 4.78 is 1.87. The van der Waals surface area contributed by atoms with Crippen molar-refractivity contribution in [3.05, 3.63) is 100 Å². The number of amides is 1. The van der Waals surface area contributed by atoms with Gasteiger partial charge in [0.2, 0.25) is 0 Å². The second-order valence-electron chi connectivity index (χ2n) is 5.00. The zero-order valence-corrected chi connectivity index (χ0v) is 12.3. The van der Waals surface area contributed by atoms with Gasteiger partial charge in [-0.05, 0) is 29.8 Å². The van der Waals surface area contributed by atoms with Gasteiger partial charge in [0.15, 0.2) is 0 Å². The van der Waals surface area contributed by atoms with E-state index in [0.717, 1.165) is 5.56 Å². The van der Waals surface area contributed by atoms with Crippen LogP contribution < -0.4 is 11.0 Å². The number of hydrogen-bond acceptors (Lipinski definition) is 2. The lowest BCUT2D eigenvalue weighted by Gasteiger charge is -2.07. The molecule has 0 fully saturated rings. The van der Waals surface area contributed by atoms with Crippen molar-refractivity contribution >= 4 is 5.91 Å². The van der Waals surface area contributed by atoms with E-state index < -0.39 is 11.5 Å². The van der Waals surface area contributed by atoms with Gasteiger partial charge in [0.05, 0.1) is 0 Å². The Hall–Kier alpha value is -3.21. The van der Waals surface area contributed by atoms with Crippen molar-refractivity contribution in [2.75, 3.05) is 0 Å². The molecule has 0 aliphatic carbocycles. The molecule has 0 saturated heterocycles. The van der Waals surface area contributed by atoms with E-state index in [0.29, 0.717) is 12.0 Å². The predicted octanol–water partition coefficient (Wildman–Crippen LogP) is 1.97. The monoisotopic (exact) mass is 305 g/mol. The fourth-order valence-corrected chi connectivity index (χ4v) is 2.24. The van der Waals surface area contributed by atoms with Gasteiger partial charge in [0.1, 0.15) is 11.1 Å². The van der Waals surface area contributed by atoms with E-state index in [4.69, 9.17) is 0 Å². The molecule has 0 bridgehead atoms. The molecule has 1 amide bonds. The molecule has 1 aromatic carbocycles. The smallest absolute Gasteiger partial charge is 0.284 e. The molecule has 0 atom stereocenters. The summed E-state index contributed by atoms with van der Waals surface area (Å²) in [7, 11) is 0. The summed E-state index contributed by atoms with van der Waals surface area (Å²) in [5, 5.41) is 0. The molecule has 0 unspecified atom stereocenters. The van der Waals surface area contributed by atoms with Crippen LogP contribution in [0.1, 0.15) is 15.9 Å². The van der Waals surface area contributed by atoms with Crippen LogP contribution in [0, 0.1) is 0 Å². The number of benzene rings is 1. The van der Waals surface area contributed by atoms with Crippen molar-refractivity contribution in [2.24, 2.45) is 4.99 Å². The van der Waals surface area contributed by atoms with Crippen molar-refractivity contribution in [3.63, 3.8) is 0 Å². The first-order chi connectivity index (χ1) is 11.2. The quantitative estimate of drug-likeness (QED) is 0.804. The minimum Gasteiger partial charge on any atom is -0.328 e. The van der Waals surface area contributed by atoms with Gasteiger partial charge in [-0.1, -0.05) is 36.4 Å². The largest absolute Gasteiger partial charge is 0.328 e. The summed E-state index contributed by atoms with van der Waals surface area (Å²) in [6.07, 6.45) is 3.34. The SMILES string of the molecule is O=C(N=c1ccccn1Cc1ccccc1)c1ccc[nH]c1=O. The van der Waals surface area contributed by atoms with E-state index in [1.807, 2.05) is 53.2 Å². The molecular weight excluding hydrogens is 290 g/mol. The van der Waals surface area contributed by atoms with Gasteiger partial charge in [-0.3, -0.25) is 9.59 Å². The van der Waals surface area contributed by atoms with Crippen molar-refractivity contribution in [3.8, 4) is 0 Å². The summed E-state index contributed by atoms with van der Waals surface area (Å²) in [5.74, 6) is -0.556. The van der Waals surface area contributed by atoms with Crippen molar-refractivity contribution < 1.29 is 4.79 Å². The van der Waals surface area contributed by atoms with Crippen LogP contribution in [0.2, 0.25) is 0 Å². The number of H-pyrrole nitrogens is 1. The molecule has 23 heavy (non-hydrogen) atoms. The second kappa shape index (κ2) is 6.70. The molecule has 0 aliphatic heterocycles. The summed E-state index contributed by atoms with van der Waals surface area (Å²) >= 11 is 0. The van der Waals surface area contributed by atoms with E-state index in [1.54, 1.807) is 12.1 Å². The van der Waals surface area contributed by atoms with E-state index in [1.165, 1.54) is 12.3 Å². The average Bonchev–Trinajstić information content (AvgIpc) is 2.58. The maximum Gasteiger partial charge on any atom is 0.284 e.